The van der Waals surface area contributed by atoms with E-state index in [-0.39, 0.29) is 5.54 Å². The molecule has 1 aliphatic rings. The minimum Gasteiger partial charge on any atom is -0.304 e. The van der Waals surface area contributed by atoms with E-state index in [9.17, 15) is 0 Å². The molecule has 1 nitrogen and oxygen atoms in total. The normalized spacial score (nSPS) is 28.2. The van der Waals surface area contributed by atoms with Gasteiger partial charge in [-0.1, -0.05) is 61.6 Å². The van der Waals surface area contributed by atoms with Crippen LogP contribution in [0.4, 0.5) is 0 Å². The Morgan fingerprint density at radius 3 is 2.62 bits per heavy atom. The van der Waals surface area contributed by atoms with Gasteiger partial charge in [-0.15, -0.1) is 0 Å². The van der Waals surface area contributed by atoms with Crippen LogP contribution >= 0.6 is 0 Å². The zero-order valence-corrected chi connectivity index (χ0v) is 9.98. The lowest BCUT2D eigenvalue weighted by Gasteiger charge is -2.34. The molecule has 0 saturated carbocycles. The van der Waals surface area contributed by atoms with E-state index in [0.29, 0.717) is 5.92 Å². The molecule has 0 aliphatic heterocycles. The number of hydrogen-bond donors (Lipinski definition) is 1. The summed E-state index contributed by atoms with van der Waals surface area (Å²) < 4.78 is 0. The van der Waals surface area contributed by atoms with Gasteiger partial charge >= 0.3 is 0 Å². The predicted octanol–water partition coefficient (Wildman–Crippen LogP) is 3.30. The molecule has 0 saturated heterocycles. The quantitative estimate of drug-likeness (QED) is 0.812. The van der Waals surface area contributed by atoms with Crippen LogP contribution in [0.2, 0.25) is 0 Å². The molecule has 1 aromatic rings. The van der Waals surface area contributed by atoms with E-state index < -0.39 is 0 Å². The Morgan fingerprint density at radius 1 is 1.19 bits per heavy atom. The van der Waals surface area contributed by atoms with Crippen molar-refractivity contribution in [2.24, 2.45) is 5.92 Å². The lowest BCUT2D eigenvalue weighted by Crippen LogP contribution is -2.45. The van der Waals surface area contributed by atoms with E-state index >= 15 is 0 Å². The zero-order valence-electron chi connectivity index (χ0n) is 9.98. The minimum atomic E-state index is 0.0740. The van der Waals surface area contributed by atoms with Gasteiger partial charge in [0, 0.05) is 12.1 Å². The van der Waals surface area contributed by atoms with Gasteiger partial charge in [-0.3, -0.25) is 0 Å². The molecular formula is C15H19N. The monoisotopic (exact) mass is 213 g/mol. The minimum absolute atomic E-state index is 0.0740. The molecular weight excluding hydrogens is 194 g/mol. The van der Waals surface area contributed by atoms with Gasteiger partial charge in [-0.05, 0) is 18.4 Å². The number of allylic oxidation sites excluding steroid dienone is 2. The highest BCUT2D eigenvalue weighted by molar-refractivity contribution is 5.23. The highest BCUT2D eigenvalue weighted by atomic mass is 15.0. The van der Waals surface area contributed by atoms with Crippen molar-refractivity contribution in [1.29, 1.82) is 0 Å². The van der Waals surface area contributed by atoms with E-state index in [1.165, 1.54) is 5.56 Å². The molecule has 2 unspecified atom stereocenters. The van der Waals surface area contributed by atoms with Crippen LogP contribution in [-0.4, -0.2) is 5.54 Å². The van der Waals surface area contributed by atoms with Gasteiger partial charge in [0.15, 0.2) is 0 Å². The van der Waals surface area contributed by atoms with Gasteiger partial charge in [-0.25, -0.2) is 0 Å². The van der Waals surface area contributed by atoms with Crippen molar-refractivity contribution in [3.8, 4) is 0 Å². The SMILES string of the molecule is CC1C=CC=CC1(C)NCc1ccccc1. The van der Waals surface area contributed by atoms with Crippen LogP contribution in [0.25, 0.3) is 0 Å². The van der Waals surface area contributed by atoms with Gasteiger partial charge in [0.05, 0.1) is 0 Å². The molecule has 16 heavy (non-hydrogen) atoms. The number of nitrogens with one attached hydrogen (secondary N) is 1. The lowest BCUT2D eigenvalue weighted by atomic mass is 9.83. The van der Waals surface area contributed by atoms with E-state index in [1.54, 1.807) is 0 Å². The van der Waals surface area contributed by atoms with Crippen molar-refractivity contribution in [3.05, 3.63) is 60.2 Å². The zero-order chi connectivity index (χ0) is 11.4. The summed E-state index contributed by atoms with van der Waals surface area (Å²) in [6.07, 6.45) is 8.74. The highest BCUT2D eigenvalue weighted by Crippen LogP contribution is 2.23. The Labute approximate surface area is 97.9 Å². The second-order valence-corrected chi connectivity index (χ2v) is 4.65. The van der Waals surface area contributed by atoms with Crippen LogP contribution in [0.15, 0.2) is 54.6 Å². The molecule has 84 valence electrons. The van der Waals surface area contributed by atoms with Crippen LogP contribution in [-0.2, 0) is 6.54 Å². The van der Waals surface area contributed by atoms with E-state index in [0.717, 1.165) is 6.54 Å². The van der Waals surface area contributed by atoms with Crippen molar-refractivity contribution >= 4 is 0 Å². The molecule has 0 spiro atoms. The van der Waals surface area contributed by atoms with E-state index in [4.69, 9.17) is 0 Å². The summed E-state index contributed by atoms with van der Waals surface area (Å²) in [5.74, 6) is 0.529. The first kappa shape index (κ1) is 11.2. The average Bonchev–Trinajstić information content (AvgIpc) is 2.32. The summed E-state index contributed by atoms with van der Waals surface area (Å²) in [4.78, 5) is 0. The molecule has 0 fully saturated rings. The smallest absolute Gasteiger partial charge is 0.0402 e. The topological polar surface area (TPSA) is 12.0 Å². The summed E-state index contributed by atoms with van der Waals surface area (Å²) >= 11 is 0. The van der Waals surface area contributed by atoms with Crippen molar-refractivity contribution in [3.63, 3.8) is 0 Å². The predicted molar refractivity (Wildman–Crippen MR) is 69.1 cm³/mol. The van der Waals surface area contributed by atoms with Crippen LogP contribution < -0.4 is 5.32 Å². The standard InChI is InChI=1S/C15H19N/c1-13-8-6-7-11-15(13,2)16-12-14-9-4-3-5-10-14/h3-11,13,16H,12H2,1-2H3. The van der Waals surface area contributed by atoms with Crippen LogP contribution in [0, 0.1) is 5.92 Å². The Morgan fingerprint density at radius 2 is 1.94 bits per heavy atom. The summed E-state index contributed by atoms with van der Waals surface area (Å²) in [6.45, 7) is 5.42. The first-order valence-corrected chi connectivity index (χ1v) is 5.86. The van der Waals surface area contributed by atoms with Crippen molar-refractivity contribution < 1.29 is 0 Å². The first-order valence-electron chi connectivity index (χ1n) is 5.86. The molecule has 1 heteroatoms. The maximum Gasteiger partial charge on any atom is 0.0402 e. The Balaban J connectivity index is 2.00. The molecule has 0 aromatic heterocycles. The van der Waals surface area contributed by atoms with Crippen molar-refractivity contribution in [2.45, 2.75) is 25.9 Å². The number of rotatable bonds is 3. The fourth-order valence-corrected chi connectivity index (χ4v) is 1.95. The third kappa shape index (κ3) is 2.42. The molecule has 0 heterocycles. The Hall–Kier alpha value is -1.34. The summed E-state index contributed by atoms with van der Waals surface area (Å²) in [7, 11) is 0. The van der Waals surface area contributed by atoms with Crippen LogP contribution in [0.5, 0.6) is 0 Å². The molecule has 1 N–H and O–H groups in total. The van der Waals surface area contributed by atoms with Gasteiger partial charge < -0.3 is 5.32 Å². The Bertz CT molecular complexity index is 391. The summed E-state index contributed by atoms with van der Waals surface area (Å²) in [6, 6.07) is 10.5. The van der Waals surface area contributed by atoms with Crippen molar-refractivity contribution in [1.82, 2.24) is 5.32 Å². The third-order valence-corrected chi connectivity index (χ3v) is 3.42. The first-order chi connectivity index (χ1) is 7.71. The molecule has 0 amide bonds. The molecule has 1 aromatic carbocycles. The fourth-order valence-electron chi connectivity index (χ4n) is 1.95. The molecule has 0 radical (unpaired) electrons. The lowest BCUT2D eigenvalue weighted by molar-refractivity contribution is 0.350. The van der Waals surface area contributed by atoms with Crippen LogP contribution in [0.1, 0.15) is 19.4 Å². The summed E-state index contributed by atoms with van der Waals surface area (Å²) in [5, 5.41) is 3.63. The fraction of sp³-hybridized carbons (Fsp3) is 0.333. The molecule has 2 rings (SSSR count). The van der Waals surface area contributed by atoms with Crippen LogP contribution in [0.3, 0.4) is 0 Å². The highest BCUT2D eigenvalue weighted by Gasteiger charge is 2.27. The average molecular weight is 213 g/mol. The largest absolute Gasteiger partial charge is 0.304 e. The second kappa shape index (κ2) is 4.67. The maximum absolute atomic E-state index is 3.63. The van der Waals surface area contributed by atoms with Crippen molar-refractivity contribution in [2.75, 3.05) is 0 Å². The third-order valence-electron chi connectivity index (χ3n) is 3.42. The van der Waals surface area contributed by atoms with Gasteiger partial charge in [0.25, 0.3) is 0 Å². The molecule has 1 aliphatic carbocycles. The maximum atomic E-state index is 3.63. The molecule has 2 atom stereocenters. The van der Waals surface area contributed by atoms with E-state index in [1.807, 2.05) is 0 Å². The molecule has 0 bridgehead atoms. The van der Waals surface area contributed by atoms with Gasteiger partial charge in [0.2, 0.25) is 0 Å². The number of hydrogen-bond acceptors (Lipinski definition) is 1. The van der Waals surface area contributed by atoms with Gasteiger partial charge in [-0.2, -0.15) is 0 Å². The van der Waals surface area contributed by atoms with E-state index in [2.05, 4.69) is 73.8 Å². The summed E-state index contributed by atoms with van der Waals surface area (Å²) in [5.41, 5.74) is 1.41. The second-order valence-electron chi connectivity index (χ2n) is 4.65. The van der Waals surface area contributed by atoms with Gasteiger partial charge in [0.1, 0.15) is 0 Å². The Kier molecular flexibility index (Phi) is 3.25. The number of benzene rings is 1.